The Morgan fingerprint density at radius 3 is 2.23 bits per heavy atom. The number of hydrogen-bond acceptors (Lipinski definition) is 4. The van der Waals surface area contributed by atoms with Gasteiger partial charge in [0.05, 0.1) is 21.8 Å². The van der Waals surface area contributed by atoms with Crippen molar-refractivity contribution in [1.29, 1.82) is 0 Å². The lowest BCUT2D eigenvalue weighted by atomic mass is 9.82. The molecule has 1 aliphatic rings. The lowest BCUT2D eigenvalue weighted by Crippen LogP contribution is -2.14. The van der Waals surface area contributed by atoms with Gasteiger partial charge in [-0.3, -0.25) is 0 Å². The minimum Gasteiger partial charge on any atom is -0.455 e. The van der Waals surface area contributed by atoms with Crippen LogP contribution < -0.4 is 0 Å². The van der Waals surface area contributed by atoms with Crippen LogP contribution in [0.25, 0.3) is 76.4 Å². The van der Waals surface area contributed by atoms with Crippen molar-refractivity contribution in [3.8, 4) is 44.3 Å². The Bertz CT molecular complexity index is 2360. The Balaban J connectivity index is 1.34. The van der Waals surface area contributed by atoms with Gasteiger partial charge in [0, 0.05) is 26.5 Å². The predicted molar refractivity (Wildman–Crippen MR) is 179 cm³/mol. The molecule has 8 aromatic rings. The number of fused-ring (bicyclic) bond motifs is 7. The molecule has 43 heavy (non-hydrogen) atoms. The third kappa shape index (κ3) is 3.60. The predicted octanol–water partition coefficient (Wildman–Crippen LogP) is 10.9. The van der Waals surface area contributed by atoms with Gasteiger partial charge in [0.2, 0.25) is 0 Å². The molecule has 204 valence electrons. The maximum absolute atomic E-state index is 6.45. The molecule has 0 fully saturated rings. The van der Waals surface area contributed by atoms with Crippen molar-refractivity contribution in [3.05, 3.63) is 132 Å². The topological polar surface area (TPSA) is 38.9 Å². The minimum atomic E-state index is -0.0913. The summed E-state index contributed by atoms with van der Waals surface area (Å²) in [6, 6.07) is 42.8. The third-order valence-electron chi connectivity index (χ3n) is 8.93. The Kier molecular flexibility index (Phi) is 5.12. The Hall–Kier alpha value is -5.06. The van der Waals surface area contributed by atoms with E-state index in [2.05, 4.69) is 123 Å². The summed E-state index contributed by atoms with van der Waals surface area (Å²) in [7, 11) is 0. The zero-order valence-electron chi connectivity index (χ0n) is 23.8. The maximum atomic E-state index is 6.45. The molecule has 0 bridgehead atoms. The summed E-state index contributed by atoms with van der Waals surface area (Å²) in [6.45, 7) is 4.63. The normalized spacial score (nSPS) is 13.5. The Morgan fingerprint density at radius 2 is 1.30 bits per heavy atom. The number of hydrogen-bond donors (Lipinski definition) is 0. The maximum Gasteiger partial charge on any atom is 0.164 e. The molecular weight excluding hydrogens is 545 g/mol. The average Bonchev–Trinajstić information content (AvgIpc) is 3.72. The Labute approximate surface area is 253 Å². The fourth-order valence-electron chi connectivity index (χ4n) is 6.83. The quantitative estimate of drug-likeness (QED) is 0.212. The first kappa shape index (κ1) is 24.5. The molecule has 0 atom stereocenters. The van der Waals surface area contributed by atoms with Crippen molar-refractivity contribution >= 4 is 43.4 Å². The molecule has 3 heterocycles. The number of nitrogens with zero attached hydrogens (tertiary/aromatic N) is 2. The van der Waals surface area contributed by atoms with Crippen LogP contribution in [0.5, 0.6) is 0 Å². The zero-order chi connectivity index (χ0) is 28.7. The van der Waals surface area contributed by atoms with E-state index >= 15 is 0 Å². The molecule has 9 rings (SSSR count). The van der Waals surface area contributed by atoms with Gasteiger partial charge in [-0.2, -0.15) is 0 Å². The first-order chi connectivity index (χ1) is 21.1. The van der Waals surface area contributed by atoms with Crippen LogP contribution in [0.2, 0.25) is 0 Å². The summed E-state index contributed by atoms with van der Waals surface area (Å²) in [4.78, 5) is 11.6. The molecule has 0 radical (unpaired) electrons. The van der Waals surface area contributed by atoms with E-state index in [0.717, 1.165) is 49.3 Å². The monoisotopic (exact) mass is 570 g/mol. The summed E-state index contributed by atoms with van der Waals surface area (Å²) in [5.74, 6) is 0.665. The van der Waals surface area contributed by atoms with Crippen LogP contribution in [0.3, 0.4) is 0 Å². The van der Waals surface area contributed by atoms with Crippen LogP contribution in [0.15, 0.2) is 126 Å². The molecule has 0 spiro atoms. The second kappa shape index (κ2) is 8.97. The number of para-hydroxylation sites is 2. The molecule has 3 aromatic heterocycles. The zero-order valence-corrected chi connectivity index (χ0v) is 24.6. The minimum absolute atomic E-state index is 0.0913. The van der Waals surface area contributed by atoms with E-state index in [9.17, 15) is 0 Å². The highest BCUT2D eigenvalue weighted by molar-refractivity contribution is 7.22. The van der Waals surface area contributed by atoms with Gasteiger partial charge in [-0.05, 0) is 58.0 Å². The van der Waals surface area contributed by atoms with E-state index in [1.165, 1.54) is 32.3 Å². The lowest BCUT2D eigenvalue weighted by molar-refractivity contribution is 0.660. The molecule has 0 aliphatic heterocycles. The molecule has 0 unspecified atom stereocenters. The van der Waals surface area contributed by atoms with Crippen molar-refractivity contribution in [2.45, 2.75) is 19.3 Å². The van der Waals surface area contributed by atoms with Crippen LogP contribution in [0.1, 0.15) is 25.0 Å². The van der Waals surface area contributed by atoms with Crippen LogP contribution >= 0.6 is 11.3 Å². The summed E-state index contributed by atoms with van der Waals surface area (Å²) in [5, 5.41) is 3.39. The molecule has 0 saturated heterocycles. The van der Waals surface area contributed by atoms with Gasteiger partial charge in [0.25, 0.3) is 0 Å². The van der Waals surface area contributed by atoms with Crippen LogP contribution in [0, 0.1) is 0 Å². The van der Waals surface area contributed by atoms with Crippen LogP contribution in [-0.2, 0) is 5.41 Å². The van der Waals surface area contributed by atoms with Gasteiger partial charge in [0.15, 0.2) is 5.82 Å². The van der Waals surface area contributed by atoms with Gasteiger partial charge < -0.3 is 4.42 Å². The van der Waals surface area contributed by atoms with Gasteiger partial charge >= 0.3 is 0 Å². The van der Waals surface area contributed by atoms with E-state index in [1.54, 1.807) is 11.3 Å². The van der Waals surface area contributed by atoms with Crippen molar-refractivity contribution in [2.75, 3.05) is 0 Å². The average molecular weight is 571 g/mol. The second-order valence-electron chi connectivity index (χ2n) is 11.8. The Morgan fingerprint density at radius 1 is 0.605 bits per heavy atom. The largest absolute Gasteiger partial charge is 0.455 e. The fourth-order valence-corrected chi connectivity index (χ4v) is 7.85. The third-order valence-corrected chi connectivity index (χ3v) is 10.1. The van der Waals surface area contributed by atoms with E-state index in [4.69, 9.17) is 14.4 Å². The summed E-state index contributed by atoms with van der Waals surface area (Å²) < 4.78 is 7.69. The lowest BCUT2D eigenvalue weighted by Gasteiger charge is -2.21. The number of rotatable bonds is 3. The van der Waals surface area contributed by atoms with E-state index in [1.807, 2.05) is 12.1 Å². The molecule has 5 aromatic carbocycles. The van der Waals surface area contributed by atoms with Crippen LogP contribution in [-0.4, -0.2) is 9.97 Å². The van der Waals surface area contributed by atoms with Crippen molar-refractivity contribution in [2.24, 2.45) is 0 Å². The highest BCUT2D eigenvalue weighted by atomic mass is 32.1. The standard InChI is InChI=1S/C39H26N2OS/c1-39(2)29-17-6-4-13-26(29)36-27(15-10-18-30(36)39)31-22-32(35-21-23-11-3-8-20-34(23)43-35)41-38(40-31)28-16-9-14-25-24-12-5-7-19-33(24)42-37(25)28/h3-22H,1-2H3. The smallest absolute Gasteiger partial charge is 0.164 e. The van der Waals surface area contributed by atoms with Crippen LogP contribution in [0.4, 0.5) is 0 Å². The number of thiophene rings is 1. The van der Waals surface area contributed by atoms with Gasteiger partial charge in [0.1, 0.15) is 11.2 Å². The highest BCUT2D eigenvalue weighted by Crippen LogP contribution is 2.52. The molecule has 3 nitrogen and oxygen atoms in total. The summed E-state index contributed by atoms with van der Waals surface area (Å²) >= 11 is 1.77. The highest BCUT2D eigenvalue weighted by Gasteiger charge is 2.36. The molecule has 0 saturated carbocycles. The molecule has 4 heteroatoms. The second-order valence-corrected chi connectivity index (χ2v) is 12.9. The molecule has 1 aliphatic carbocycles. The first-order valence-corrected chi connectivity index (χ1v) is 15.4. The van der Waals surface area contributed by atoms with Crippen molar-refractivity contribution in [1.82, 2.24) is 9.97 Å². The van der Waals surface area contributed by atoms with E-state index < -0.39 is 0 Å². The summed E-state index contributed by atoms with van der Waals surface area (Å²) in [5.41, 5.74) is 10.7. The van der Waals surface area contributed by atoms with Gasteiger partial charge in [-0.25, -0.2) is 9.97 Å². The van der Waals surface area contributed by atoms with Gasteiger partial charge in [-0.15, -0.1) is 11.3 Å². The summed E-state index contributed by atoms with van der Waals surface area (Å²) in [6.07, 6.45) is 0. The van der Waals surface area contributed by atoms with E-state index in [0.29, 0.717) is 5.82 Å². The van der Waals surface area contributed by atoms with Crippen molar-refractivity contribution in [3.63, 3.8) is 0 Å². The fraction of sp³-hybridized carbons (Fsp3) is 0.0769. The molecule has 0 amide bonds. The SMILES string of the molecule is CC1(C)c2ccccc2-c2c(-c3cc(-c4cc5ccccc5s4)nc(-c4cccc5c4oc4ccccc45)n3)cccc21. The first-order valence-electron chi connectivity index (χ1n) is 14.6. The number of furan rings is 1. The van der Waals surface area contributed by atoms with Gasteiger partial charge in [-0.1, -0.05) is 105 Å². The molecule has 0 N–H and O–H groups in total. The number of aromatic nitrogens is 2. The van der Waals surface area contributed by atoms with E-state index in [-0.39, 0.29) is 5.41 Å². The van der Waals surface area contributed by atoms with Crippen molar-refractivity contribution < 1.29 is 4.42 Å². The number of benzene rings is 5. The molecular formula is C39H26N2OS.